The minimum atomic E-state index is 0.768. The van der Waals surface area contributed by atoms with Gasteiger partial charge in [0.1, 0.15) is 0 Å². The lowest BCUT2D eigenvalue weighted by molar-refractivity contribution is 0.113. The number of rotatable bonds is 5. The SMILES string of the molecule is CCC(C(C)C)N(CC)C1CCNC1. The predicted molar refractivity (Wildman–Crippen MR) is 62.6 cm³/mol. The molecule has 84 valence electrons. The van der Waals surface area contributed by atoms with E-state index in [1.54, 1.807) is 0 Å². The van der Waals surface area contributed by atoms with E-state index in [1.807, 2.05) is 0 Å². The number of likely N-dealkylation sites (N-methyl/N-ethyl adjacent to an activating group) is 1. The zero-order chi connectivity index (χ0) is 10.6. The van der Waals surface area contributed by atoms with Gasteiger partial charge in [-0.3, -0.25) is 4.90 Å². The van der Waals surface area contributed by atoms with E-state index in [0.717, 1.165) is 18.0 Å². The van der Waals surface area contributed by atoms with Crippen LogP contribution in [-0.4, -0.2) is 36.6 Å². The van der Waals surface area contributed by atoms with Crippen molar-refractivity contribution in [1.29, 1.82) is 0 Å². The standard InChI is InChI=1S/C12H26N2/c1-5-12(10(3)4)14(6-2)11-7-8-13-9-11/h10-13H,5-9H2,1-4H3. The summed E-state index contributed by atoms with van der Waals surface area (Å²) in [4.78, 5) is 2.70. The summed E-state index contributed by atoms with van der Waals surface area (Å²) in [6, 6.07) is 1.55. The molecular formula is C12H26N2. The Morgan fingerprint density at radius 1 is 1.36 bits per heavy atom. The van der Waals surface area contributed by atoms with E-state index in [9.17, 15) is 0 Å². The summed E-state index contributed by atoms with van der Waals surface area (Å²) in [5.74, 6) is 0.778. The Balaban J connectivity index is 2.57. The van der Waals surface area contributed by atoms with Crippen LogP contribution in [0.15, 0.2) is 0 Å². The summed E-state index contributed by atoms with van der Waals surface area (Å²) in [6.45, 7) is 12.9. The summed E-state index contributed by atoms with van der Waals surface area (Å²) >= 11 is 0. The van der Waals surface area contributed by atoms with E-state index >= 15 is 0 Å². The molecule has 0 radical (unpaired) electrons. The molecular weight excluding hydrogens is 172 g/mol. The molecule has 0 saturated carbocycles. The first-order valence-electron chi connectivity index (χ1n) is 6.17. The molecule has 0 spiro atoms. The number of hydrogen-bond donors (Lipinski definition) is 1. The topological polar surface area (TPSA) is 15.3 Å². The Morgan fingerprint density at radius 2 is 2.07 bits per heavy atom. The summed E-state index contributed by atoms with van der Waals surface area (Å²) in [6.07, 6.45) is 2.61. The molecule has 0 aromatic rings. The minimum Gasteiger partial charge on any atom is -0.315 e. The van der Waals surface area contributed by atoms with Gasteiger partial charge in [-0.2, -0.15) is 0 Å². The Morgan fingerprint density at radius 3 is 2.43 bits per heavy atom. The van der Waals surface area contributed by atoms with Crippen molar-refractivity contribution in [2.24, 2.45) is 5.92 Å². The van der Waals surface area contributed by atoms with E-state index in [1.165, 1.54) is 32.5 Å². The van der Waals surface area contributed by atoms with Gasteiger partial charge in [-0.25, -0.2) is 0 Å². The molecule has 1 aliphatic rings. The Bertz CT molecular complexity index is 150. The van der Waals surface area contributed by atoms with Crippen molar-refractivity contribution in [3.8, 4) is 0 Å². The molecule has 1 saturated heterocycles. The number of nitrogens with one attached hydrogen (secondary N) is 1. The van der Waals surface area contributed by atoms with Gasteiger partial charge >= 0.3 is 0 Å². The van der Waals surface area contributed by atoms with Crippen molar-refractivity contribution in [3.63, 3.8) is 0 Å². The van der Waals surface area contributed by atoms with Crippen molar-refractivity contribution in [2.45, 2.75) is 52.6 Å². The molecule has 1 aliphatic heterocycles. The quantitative estimate of drug-likeness (QED) is 0.728. The summed E-state index contributed by atoms with van der Waals surface area (Å²) < 4.78 is 0. The van der Waals surface area contributed by atoms with Crippen LogP contribution in [0.5, 0.6) is 0 Å². The van der Waals surface area contributed by atoms with E-state index < -0.39 is 0 Å². The average molecular weight is 198 g/mol. The van der Waals surface area contributed by atoms with Crippen LogP contribution in [0, 0.1) is 5.92 Å². The van der Waals surface area contributed by atoms with Gasteiger partial charge in [-0.1, -0.05) is 27.7 Å². The monoisotopic (exact) mass is 198 g/mol. The van der Waals surface area contributed by atoms with Gasteiger partial charge in [-0.05, 0) is 31.8 Å². The van der Waals surface area contributed by atoms with Crippen molar-refractivity contribution in [3.05, 3.63) is 0 Å². The molecule has 1 rings (SSSR count). The third kappa shape index (κ3) is 2.71. The van der Waals surface area contributed by atoms with Crippen LogP contribution in [-0.2, 0) is 0 Å². The van der Waals surface area contributed by atoms with E-state index in [0.29, 0.717) is 0 Å². The largest absolute Gasteiger partial charge is 0.315 e. The van der Waals surface area contributed by atoms with Gasteiger partial charge in [-0.15, -0.1) is 0 Å². The average Bonchev–Trinajstić information content (AvgIpc) is 2.65. The second kappa shape index (κ2) is 5.72. The summed E-state index contributed by atoms with van der Waals surface area (Å²) in [5, 5.41) is 3.46. The zero-order valence-electron chi connectivity index (χ0n) is 10.2. The highest BCUT2D eigenvalue weighted by Crippen LogP contribution is 2.19. The molecule has 0 aliphatic carbocycles. The fraction of sp³-hybridized carbons (Fsp3) is 1.00. The molecule has 0 bridgehead atoms. The Hall–Kier alpha value is -0.0800. The van der Waals surface area contributed by atoms with Gasteiger partial charge in [0.25, 0.3) is 0 Å². The van der Waals surface area contributed by atoms with Gasteiger partial charge in [0.15, 0.2) is 0 Å². The molecule has 0 aromatic carbocycles. The number of hydrogen-bond acceptors (Lipinski definition) is 2. The van der Waals surface area contributed by atoms with E-state index in [4.69, 9.17) is 0 Å². The van der Waals surface area contributed by atoms with E-state index in [2.05, 4.69) is 37.9 Å². The fourth-order valence-electron chi connectivity index (χ4n) is 2.77. The summed E-state index contributed by atoms with van der Waals surface area (Å²) in [7, 11) is 0. The van der Waals surface area contributed by atoms with Crippen LogP contribution in [0.4, 0.5) is 0 Å². The van der Waals surface area contributed by atoms with Crippen LogP contribution in [0.2, 0.25) is 0 Å². The molecule has 2 nitrogen and oxygen atoms in total. The van der Waals surface area contributed by atoms with Crippen molar-refractivity contribution in [2.75, 3.05) is 19.6 Å². The van der Waals surface area contributed by atoms with Crippen LogP contribution in [0.25, 0.3) is 0 Å². The molecule has 0 amide bonds. The van der Waals surface area contributed by atoms with Crippen molar-refractivity contribution >= 4 is 0 Å². The maximum atomic E-state index is 3.46. The normalized spacial score (nSPS) is 24.9. The first-order chi connectivity index (χ1) is 6.70. The molecule has 2 heteroatoms. The van der Waals surface area contributed by atoms with E-state index in [-0.39, 0.29) is 0 Å². The van der Waals surface area contributed by atoms with Crippen LogP contribution in [0.3, 0.4) is 0 Å². The van der Waals surface area contributed by atoms with Crippen LogP contribution >= 0.6 is 0 Å². The number of nitrogens with zero attached hydrogens (tertiary/aromatic N) is 1. The highest BCUT2D eigenvalue weighted by Gasteiger charge is 2.27. The molecule has 2 unspecified atom stereocenters. The lowest BCUT2D eigenvalue weighted by atomic mass is 9.98. The van der Waals surface area contributed by atoms with Crippen LogP contribution < -0.4 is 5.32 Å². The molecule has 14 heavy (non-hydrogen) atoms. The van der Waals surface area contributed by atoms with Gasteiger partial charge in [0, 0.05) is 18.6 Å². The third-order valence-corrected chi connectivity index (χ3v) is 3.48. The van der Waals surface area contributed by atoms with Crippen molar-refractivity contribution < 1.29 is 0 Å². The first-order valence-corrected chi connectivity index (χ1v) is 6.17. The van der Waals surface area contributed by atoms with Crippen molar-refractivity contribution in [1.82, 2.24) is 10.2 Å². The lowest BCUT2D eigenvalue weighted by Crippen LogP contribution is -2.46. The van der Waals surface area contributed by atoms with Crippen LogP contribution in [0.1, 0.15) is 40.5 Å². The summed E-state index contributed by atoms with van der Waals surface area (Å²) in [5.41, 5.74) is 0. The van der Waals surface area contributed by atoms with Gasteiger partial charge in [0.05, 0.1) is 0 Å². The molecule has 0 aromatic heterocycles. The zero-order valence-corrected chi connectivity index (χ0v) is 10.2. The highest BCUT2D eigenvalue weighted by molar-refractivity contribution is 4.85. The molecule has 1 fully saturated rings. The Labute approximate surface area is 89.1 Å². The maximum absolute atomic E-state index is 3.46. The highest BCUT2D eigenvalue weighted by atomic mass is 15.2. The van der Waals surface area contributed by atoms with Gasteiger partial charge < -0.3 is 5.32 Å². The fourth-order valence-corrected chi connectivity index (χ4v) is 2.77. The molecule has 1 heterocycles. The third-order valence-electron chi connectivity index (χ3n) is 3.48. The smallest absolute Gasteiger partial charge is 0.0235 e. The van der Waals surface area contributed by atoms with Gasteiger partial charge in [0.2, 0.25) is 0 Å². The second-order valence-electron chi connectivity index (χ2n) is 4.70. The minimum absolute atomic E-state index is 0.768. The maximum Gasteiger partial charge on any atom is 0.0235 e. The second-order valence-corrected chi connectivity index (χ2v) is 4.70. The Kier molecular flexibility index (Phi) is 4.90. The lowest BCUT2D eigenvalue weighted by Gasteiger charge is -2.37. The molecule has 2 atom stereocenters. The molecule has 1 N–H and O–H groups in total. The first kappa shape index (κ1) is 12.0. The predicted octanol–water partition coefficient (Wildman–Crippen LogP) is 2.10.